The van der Waals surface area contributed by atoms with E-state index in [9.17, 15) is 19.5 Å². The highest BCUT2D eigenvalue weighted by molar-refractivity contribution is 8.18. The van der Waals surface area contributed by atoms with Crippen LogP contribution in [0.4, 0.5) is 4.79 Å². The lowest BCUT2D eigenvalue weighted by Gasteiger charge is -2.19. The van der Waals surface area contributed by atoms with Gasteiger partial charge in [-0.3, -0.25) is 14.5 Å². The Labute approximate surface area is 154 Å². The maximum atomic E-state index is 12.4. The van der Waals surface area contributed by atoms with Gasteiger partial charge in [-0.1, -0.05) is 25.1 Å². The molecule has 1 aromatic heterocycles. The molecule has 1 aliphatic rings. The Balaban J connectivity index is 1.86. The van der Waals surface area contributed by atoms with Crippen molar-refractivity contribution in [3.05, 3.63) is 52.6 Å². The van der Waals surface area contributed by atoms with E-state index in [1.807, 2.05) is 13.8 Å². The van der Waals surface area contributed by atoms with E-state index in [0.29, 0.717) is 28.4 Å². The number of hydrogen-bond acceptors (Lipinski definition) is 6. The van der Waals surface area contributed by atoms with Crippen LogP contribution in [-0.4, -0.2) is 28.1 Å². The highest BCUT2D eigenvalue weighted by Crippen LogP contribution is 2.35. The van der Waals surface area contributed by atoms with E-state index in [0.717, 1.165) is 11.8 Å². The number of imide groups is 1. The molecule has 6 nitrogen and oxygen atoms in total. The lowest BCUT2D eigenvalue weighted by molar-refractivity contribution is -0.255. The number of carbonyl (C=O) groups excluding carboxylic acids is 3. The summed E-state index contributed by atoms with van der Waals surface area (Å²) in [4.78, 5) is 37.0. The Bertz CT molecular complexity index is 914. The third-order valence-corrected chi connectivity index (χ3v) is 5.02. The molecule has 1 atom stereocenters. The Kier molecular flexibility index (Phi) is 4.99. The zero-order valence-electron chi connectivity index (χ0n) is 14.2. The van der Waals surface area contributed by atoms with Crippen LogP contribution in [0.2, 0.25) is 0 Å². The van der Waals surface area contributed by atoms with Crippen LogP contribution in [0.1, 0.15) is 36.4 Å². The van der Waals surface area contributed by atoms with Gasteiger partial charge in [0.2, 0.25) is 0 Å². The number of carboxylic acids is 1. The number of carbonyl (C=O) groups is 3. The summed E-state index contributed by atoms with van der Waals surface area (Å²) < 4.78 is 5.69. The van der Waals surface area contributed by atoms with Crippen molar-refractivity contribution in [3.8, 4) is 11.3 Å². The first kappa shape index (κ1) is 18.0. The fraction of sp³-hybridized carbons (Fsp3) is 0.211. The van der Waals surface area contributed by atoms with Crippen molar-refractivity contribution < 1.29 is 23.9 Å². The van der Waals surface area contributed by atoms with E-state index >= 15 is 0 Å². The molecule has 0 N–H and O–H groups in total. The molecule has 1 fully saturated rings. The van der Waals surface area contributed by atoms with Crippen molar-refractivity contribution in [1.82, 2.24) is 4.90 Å². The molecule has 2 heterocycles. The van der Waals surface area contributed by atoms with E-state index in [-0.39, 0.29) is 22.8 Å². The van der Waals surface area contributed by atoms with Gasteiger partial charge in [0, 0.05) is 17.7 Å². The van der Waals surface area contributed by atoms with E-state index in [1.54, 1.807) is 24.3 Å². The molecule has 0 unspecified atom stereocenters. The maximum Gasteiger partial charge on any atom is 0.293 e. The minimum absolute atomic E-state index is 0.0510. The lowest BCUT2D eigenvalue weighted by atomic mass is 10.1. The van der Waals surface area contributed by atoms with Crippen LogP contribution < -0.4 is 5.11 Å². The fourth-order valence-electron chi connectivity index (χ4n) is 2.56. The van der Waals surface area contributed by atoms with Crippen molar-refractivity contribution in [2.75, 3.05) is 0 Å². The van der Waals surface area contributed by atoms with Gasteiger partial charge in [-0.25, -0.2) is 0 Å². The van der Waals surface area contributed by atoms with Gasteiger partial charge in [0.15, 0.2) is 0 Å². The van der Waals surface area contributed by atoms with Gasteiger partial charge >= 0.3 is 0 Å². The van der Waals surface area contributed by atoms with Crippen LogP contribution in [0.5, 0.6) is 0 Å². The standard InChI is InChI=1S/C19H17NO5S/c1-3-11(2)20-17(21)16(26-19(20)24)10-14-7-8-15(25-14)12-5-4-6-13(9-12)18(22)23/h4-11H,3H2,1-2H3,(H,22,23)/p-1/b16-10-/t11-/m0/s1. The Morgan fingerprint density at radius 1 is 1.31 bits per heavy atom. The first-order chi connectivity index (χ1) is 12.4. The van der Waals surface area contributed by atoms with E-state index in [1.165, 1.54) is 23.1 Å². The Morgan fingerprint density at radius 2 is 2.08 bits per heavy atom. The molecule has 0 spiro atoms. The third-order valence-electron chi connectivity index (χ3n) is 4.14. The molecule has 1 aromatic carbocycles. The SMILES string of the molecule is CC[C@H](C)N1C(=O)S/C(=C\c2ccc(-c3cccc(C(=O)[O-])c3)o2)C1=O. The monoisotopic (exact) mass is 370 g/mol. The predicted molar refractivity (Wildman–Crippen MR) is 96.0 cm³/mol. The summed E-state index contributed by atoms with van der Waals surface area (Å²) in [5.41, 5.74) is 0.634. The zero-order valence-corrected chi connectivity index (χ0v) is 15.0. The van der Waals surface area contributed by atoms with Crippen LogP contribution in [0.15, 0.2) is 45.7 Å². The average molecular weight is 370 g/mol. The van der Waals surface area contributed by atoms with Crippen LogP contribution >= 0.6 is 11.8 Å². The molecule has 0 radical (unpaired) electrons. The molecule has 0 bridgehead atoms. The summed E-state index contributed by atoms with van der Waals surface area (Å²) in [5.74, 6) is -0.724. The molecule has 1 aliphatic heterocycles. The topological polar surface area (TPSA) is 90.7 Å². The van der Waals surface area contributed by atoms with Crippen LogP contribution in [0.3, 0.4) is 0 Å². The molecule has 26 heavy (non-hydrogen) atoms. The van der Waals surface area contributed by atoms with Gasteiger partial charge in [0.05, 0.1) is 10.9 Å². The van der Waals surface area contributed by atoms with Gasteiger partial charge in [0.25, 0.3) is 11.1 Å². The average Bonchev–Trinajstić information content (AvgIpc) is 3.19. The van der Waals surface area contributed by atoms with Gasteiger partial charge in [-0.05, 0) is 48.9 Å². The minimum atomic E-state index is -1.27. The van der Waals surface area contributed by atoms with Crippen LogP contribution in [-0.2, 0) is 4.79 Å². The third kappa shape index (κ3) is 3.43. The normalized spacial score (nSPS) is 17.2. The summed E-state index contributed by atoms with van der Waals surface area (Å²) >= 11 is 0.884. The number of amides is 2. The smallest absolute Gasteiger partial charge is 0.293 e. The van der Waals surface area contributed by atoms with Gasteiger partial charge in [-0.2, -0.15) is 0 Å². The molecule has 0 saturated carbocycles. The van der Waals surface area contributed by atoms with Crippen molar-refractivity contribution in [2.24, 2.45) is 0 Å². The van der Waals surface area contributed by atoms with Crippen LogP contribution in [0, 0.1) is 0 Å². The molecular formula is C19H16NO5S-. The van der Waals surface area contributed by atoms with Gasteiger partial charge in [-0.15, -0.1) is 0 Å². The minimum Gasteiger partial charge on any atom is -0.545 e. The number of aromatic carboxylic acids is 1. The van der Waals surface area contributed by atoms with Crippen molar-refractivity contribution in [2.45, 2.75) is 26.3 Å². The summed E-state index contributed by atoms with van der Waals surface area (Å²) in [6.45, 7) is 3.74. The number of benzene rings is 1. The molecule has 2 aromatic rings. The summed E-state index contributed by atoms with van der Waals surface area (Å²) in [5, 5.41) is 10.7. The second kappa shape index (κ2) is 7.21. The number of thioether (sulfide) groups is 1. The molecule has 3 rings (SSSR count). The van der Waals surface area contributed by atoms with Gasteiger partial charge < -0.3 is 14.3 Å². The van der Waals surface area contributed by atoms with E-state index in [2.05, 4.69) is 0 Å². The first-order valence-electron chi connectivity index (χ1n) is 8.09. The summed E-state index contributed by atoms with van der Waals surface area (Å²) in [6, 6.07) is 9.39. The largest absolute Gasteiger partial charge is 0.545 e. The Morgan fingerprint density at radius 3 is 2.77 bits per heavy atom. The maximum absolute atomic E-state index is 12.4. The van der Waals surface area contributed by atoms with Gasteiger partial charge in [0.1, 0.15) is 11.5 Å². The molecular weight excluding hydrogens is 354 g/mol. The zero-order chi connectivity index (χ0) is 18.8. The molecule has 0 aliphatic carbocycles. The highest BCUT2D eigenvalue weighted by atomic mass is 32.2. The quantitative estimate of drug-likeness (QED) is 0.751. The second-order valence-corrected chi connectivity index (χ2v) is 6.87. The number of rotatable bonds is 5. The molecule has 1 saturated heterocycles. The molecule has 7 heteroatoms. The second-order valence-electron chi connectivity index (χ2n) is 5.88. The summed E-state index contributed by atoms with van der Waals surface area (Å²) in [7, 11) is 0. The van der Waals surface area contributed by atoms with Crippen molar-refractivity contribution in [3.63, 3.8) is 0 Å². The highest BCUT2D eigenvalue weighted by Gasteiger charge is 2.37. The van der Waals surface area contributed by atoms with Crippen molar-refractivity contribution >= 4 is 35.0 Å². The lowest BCUT2D eigenvalue weighted by Crippen LogP contribution is -2.36. The molecule has 134 valence electrons. The predicted octanol–water partition coefficient (Wildman–Crippen LogP) is 3.14. The fourth-order valence-corrected chi connectivity index (χ4v) is 3.47. The number of hydrogen-bond donors (Lipinski definition) is 0. The molecule has 2 amide bonds. The van der Waals surface area contributed by atoms with Crippen molar-refractivity contribution in [1.29, 1.82) is 0 Å². The van der Waals surface area contributed by atoms with E-state index in [4.69, 9.17) is 4.42 Å². The number of carboxylic acid groups (broad SMARTS) is 1. The van der Waals surface area contributed by atoms with Crippen LogP contribution in [0.25, 0.3) is 17.4 Å². The number of furan rings is 1. The van der Waals surface area contributed by atoms with E-state index < -0.39 is 5.97 Å². The summed E-state index contributed by atoms with van der Waals surface area (Å²) in [6.07, 6.45) is 2.21. The Hall–Kier alpha value is -2.80. The number of nitrogens with zero attached hydrogens (tertiary/aromatic N) is 1. The first-order valence-corrected chi connectivity index (χ1v) is 8.91.